The maximum Gasteiger partial charge on any atom is 0.315 e. The second kappa shape index (κ2) is 4.35. The molecule has 0 radical (unpaired) electrons. The van der Waals surface area contributed by atoms with E-state index in [1.165, 1.54) is 0 Å². The van der Waals surface area contributed by atoms with Crippen molar-refractivity contribution in [3.63, 3.8) is 0 Å². The zero-order chi connectivity index (χ0) is 12.5. The number of rotatable bonds is 4. The summed E-state index contributed by atoms with van der Waals surface area (Å²) in [6.45, 7) is 2.03. The second-order valence-electron chi connectivity index (χ2n) is 4.54. The molecule has 0 aliphatic heterocycles. The molecule has 0 unspecified atom stereocenters. The quantitative estimate of drug-likeness (QED) is 0.838. The molecule has 1 saturated carbocycles. The van der Waals surface area contributed by atoms with Gasteiger partial charge in [0.15, 0.2) is 0 Å². The summed E-state index contributed by atoms with van der Waals surface area (Å²) in [6, 6.07) is 3.78. The minimum Gasteiger partial charge on any atom is -0.481 e. The molecule has 4 nitrogen and oxygen atoms in total. The van der Waals surface area contributed by atoms with Gasteiger partial charge in [-0.3, -0.25) is 9.78 Å². The van der Waals surface area contributed by atoms with E-state index >= 15 is 0 Å². The molecule has 0 saturated heterocycles. The van der Waals surface area contributed by atoms with Crippen molar-refractivity contribution in [1.82, 2.24) is 4.98 Å². The molecule has 2 rings (SSSR count). The van der Waals surface area contributed by atoms with E-state index in [1.54, 1.807) is 0 Å². The molecule has 1 fully saturated rings. The smallest absolute Gasteiger partial charge is 0.315 e. The maximum atomic E-state index is 11.4. The predicted molar refractivity (Wildman–Crippen MR) is 66.3 cm³/mol. The van der Waals surface area contributed by atoms with Crippen LogP contribution in [0.4, 0.5) is 5.69 Å². The summed E-state index contributed by atoms with van der Waals surface area (Å²) in [4.78, 5) is 15.9. The van der Waals surface area contributed by atoms with E-state index < -0.39 is 11.4 Å². The Morgan fingerprint density at radius 2 is 2.24 bits per heavy atom. The number of pyridine rings is 1. The van der Waals surface area contributed by atoms with Crippen LogP contribution in [0.3, 0.4) is 0 Å². The van der Waals surface area contributed by atoms with Gasteiger partial charge >= 0.3 is 5.97 Å². The average molecular weight is 234 g/mol. The van der Waals surface area contributed by atoms with Crippen molar-refractivity contribution in [3.05, 3.63) is 23.5 Å². The van der Waals surface area contributed by atoms with Gasteiger partial charge in [-0.25, -0.2) is 0 Å². The molecule has 0 amide bonds. The van der Waals surface area contributed by atoms with Crippen LogP contribution in [0.1, 0.15) is 37.6 Å². The van der Waals surface area contributed by atoms with Gasteiger partial charge in [-0.05, 0) is 31.4 Å². The molecule has 92 valence electrons. The number of carbonyl (C=O) groups is 1. The molecule has 0 aromatic carbocycles. The molecule has 1 aromatic heterocycles. The Labute approximate surface area is 101 Å². The van der Waals surface area contributed by atoms with Gasteiger partial charge in [0.2, 0.25) is 0 Å². The Kier molecular flexibility index (Phi) is 3.05. The van der Waals surface area contributed by atoms with Crippen LogP contribution in [0, 0.1) is 0 Å². The first kappa shape index (κ1) is 11.9. The van der Waals surface area contributed by atoms with E-state index in [0.717, 1.165) is 24.2 Å². The van der Waals surface area contributed by atoms with E-state index in [9.17, 15) is 9.90 Å². The third kappa shape index (κ3) is 1.77. The van der Waals surface area contributed by atoms with Crippen molar-refractivity contribution in [2.45, 2.75) is 38.0 Å². The van der Waals surface area contributed by atoms with Gasteiger partial charge in [0.1, 0.15) is 5.41 Å². The molecule has 1 aliphatic rings. The van der Waals surface area contributed by atoms with E-state index in [-0.39, 0.29) is 0 Å². The van der Waals surface area contributed by atoms with Crippen molar-refractivity contribution in [3.8, 4) is 0 Å². The second-order valence-corrected chi connectivity index (χ2v) is 4.54. The van der Waals surface area contributed by atoms with Gasteiger partial charge < -0.3 is 10.4 Å². The lowest BCUT2D eigenvalue weighted by Crippen LogP contribution is -2.43. The summed E-state index contributed by atoms with van der Waals surface area (Å²) in [5.74, 6) is -0.740. The van der Waals surface area contributed by atoms with E-state index in [1.807, 2.05) is 26.1 Å². The summed E-state index contributed by atoms with van der Waals surface area (Å²) < 4.78 is 0. The molecule has 0 spiro atoms. The highest BCUT2D eigenvalue weighted by Gasteiger charge is 2.47. The van der Waals surface area contributed by atoms with Crippen LogP contribution in [0.5, 0.6) is 0 Å². The summed E-state index contributed by atoms with van der Waals surface area (Å²) in [7, 11) is 1.85. The largest absolute Gasteiger partial charge is 0.481 e. The number of hydrogen-bond acceptors (Lipinski definition) is 3. The summed E-state index contributed by atoms with van der Waals surface area (Å²) in [6.07, 6.45) is 3.19. The molecule has 17 heavy (non-hydrogen) atoms. The number of aliphatic carboxylic acids is 1. The Balaban J connectivity index is 2.42. The predicted octanol–water partition coefficient (Wildman–Crippen LogP) is 2.19. The Morgan fingerprint density at radius 3 is 2.65 bits per heavy atom. The number of nitrogens with one attached hydrogen (secondary N) is 1. The fraction of sp³-hybridized carbons (Fsp3) is 0.538. The topological polar surface area (TPSA) is 62.2 Å². The van der Waals surface area contributed by atoms with Gasteiger partial charge in [0.05, 0.1) is 17.1 Å². The maximum absolute atomic E-state index is 11.4. The lowest BCUT2D eigenvalue weighted by atomic mass is 9.66. The molecule has 1 heterocycles. The third-order valence-electron chi connectivity index (χ3n) is 3.69. The number of anilines is 1. The molecule has 0 bridgehead atoms. The number of aromatic nitrogens is 1. The zero-order valence-corrected chi connectivity index (χ0v) is 10.3. The lowest BCUT2D eigenvalue weighted by molar-refractivity contribution is -0.147. The van der Waals surface area contributed by atoms with Crippen LogP contribution >= 0.6 is 0 Å². The number of carboxylic acids is 1. The van der Waals surface area contributed by atoms with Crippen molar-refractivity contribution in [1.29, 1.82) is 0 Å². The normalized spacial score (nSPS) is 17.3. The fourth-order valence-electron chi connectivity index (χ4n) is 2.37. The fourth-order valence-corrected chi connectivity index (χ4v) is 2.37. The van der Waals surface area contributed by atoms with Gasteiger partial charge in [-0.1, -0.05) is 13.3 Å². The van der Waals surface area contributed by atoms with Crippen LogP contribution in [0.2, 0.25) is 0 Å². The van der Waals surface area contributed by atoms with E-state index in [0.29, 0.717) is 18.5 Å². The SMILES string of the molecule is CCc1nc(C2(C(=O)O)CCC2)ccc1NC. The molecular weight excluding hydrogens is 216 g/mol. The highest BCUT2D eigenvalue weighted by molar-refractivity contribution is 5.82. The minimum absolute atomic E-state index is 0.706. The Hall–Kier alpha value is -1.58. The van der Waals surface area contributed by atoms with Gasteiger partial charge in [0.25, 0.3) is 0 Å². The van der Waals surface area contributed by atoms with Crippen LogP contribution in [-0.2, 0) is 16.6 Å². The van der Waals surface area contributed by atoms with E-state index in [4.69, 9.17) is 0 Å². The van der Waals surface area contributed by atoms with Crippen molar-refractivity contribution in [2.24, 2.45) is 0 Å². The number of hydrogen-bond donors (Lipinski definition) is 2. The minimum atomic E-state index is -0.740. The van der Waals surface area contributed by atoms with Crippen LogP contribution in [-0.4, -0.2) is 23.1 Å². The first-order valence-electron chi connectivity index (χ1n) is 6.05. The summed E-state index contributed by atoms with van der Waals surface area (Å²) in [5, 5.41) is 12.5. The number of nitrogens with zero attached hydrogens (tertiary/aromatic N) is 1. The highest BCUT2D eigenvalue weighted by Crippen LogP contribution is 2.43. The van der Waals surface area contributed by atoms with Crippen molar-refractivity contribution < 1.29 is 9.90 Å². The average Bonchev–Trinajstić information content (AvgIpc) is 2.26. The molecule has 4 heteroatoms. The zero-order valence-electron chi connectivity index (χ0n) is 10.3. The van der Waals surface area contributed by atoms with Crippen LogP contribution in [0.15, 0.2) is 12.1 Å². The van der Waals surface area contributed by atoms with Crippen LogP contribution in [0.25, 0.3) is 0 Å². The third-order valence-corrected chi connectivity index (χ3v) is 3.69. The summed E-state index contributed by atoms with van der Waals surface area (Å²) in [5.41, 5.74) is 1.91. The number of carboxylic acid groups (broad SMARTS) is 1. The first-order chi connectivity index (χ1) is 8.14. The monoisotopic (exact) mass is 234 g/mol. The van der Waals surface area contributed by atoms with Gasteiger partial charge in [0, 0.05) is 7.05 Å². The summed E-state index contributed by atoms with van der Waals surface area (Å²) >= 11 is 0. The van der Waals surface area contributed by atoms with Gasteiger partial charge in [-0.2, -0.15) is 0 Å². The van der Waals surface area contributed by atoms with Gasteiger partial charge in [-0.15, -0.1) is 0 Å². The lowest BCUT2D eigenvalue weighted by Gasteiger charge is -2.37. The standard InChI is InChI=1S/C13H18N2O2/c1-3-9-10(14-2)5-6-11(15-9)13(12(16)17)7-4-8-13/h5-6,14H,3-4,7-8H2,1-2H3,(H,16,17). The first-order valence-corrected chi connectivity index (χ1v) is 6.05. The molecule has 0 atom stereocenters. The Morgan fingerprint density at radius 1 is 1.53 bits per heavy atom. The highest BCUT2D eigenvalue weighted by atomic mass is 16.4. The molecule has 1 aliphatic carbocycles. The van der Waals surface area contributed by atoms with Crippen LogP contribution < -0.4 is 5.32 Å². The van der Waals surface area contributed by atoms with Crippen molar-refractivity contribution >= 4 is 11.7 Å². The van der Waals surface area contributed by atoms with Crippen molar-refractivity contribution in [2.75, 3.05) is 12.4 Å². The molecular formula is C13H18N2O2. The number of aryl methyl sites for hydroxylation is 1. The molecule has 1 aromatic rings. The Bertz CT molecular complexity index is 439. The van der Waals surface area contributed by atoms with E-state index in [2.05, 4.69) is 10.3 Å². The molecule has 2 N–H and O–H groups in total.